The molecule has 0 radical (unpaired) electrons. The SMILES string of the molecule is Cc1cc(C)c(C(Cc2cc(F)cc(F)c2)NN)c(C)c1. The molecular formula is C17H20F2N2. The van der Waals surface area contributed by atoms with E-state index in [4.69, 9.17) is 5.84 Å². The van der Waals surface area contributed by atoms with E-state index in [-0.39, 0.29) is 6.04 Å². The summed E-state index contributed by atoms with van der Waals surface area (Å²) in [5.74, 6) is 4.52. The number of benzene rings is 2. The molecule has 112 valence electrons. The smallest absolute Gasteiger partial charge is 0.126 e. The van der Waals surface area contributed by atoms with Crippen molar-refractivity contribution in [2.24, 2.45) is 5.84 Å². The van der Waals surface area contributed by atoms with Crippen LogP contribution < -0.4 is 11.3 Å². The molecule has 2 aromatic rings. The third-order valence-electron chi connectivity index (χ3n) is 3.65. The summed E-state index contributed by atoms with van der Waals surface area (Å²) < 4.78 is 26.6. The van der Waals surface area contributed by atoms with E-state index >= 15 is 0 Å². The van der Waals surface area contributed by atoms with Gasteiger partial charge in [0.2, 0.25) is 0 Å². The van der Waals surface area contributed by atoms with Gasteiger partial charge in [-0.1, -0.05) is 17.7 Å². The molecule has 0 aromatic heterocycles. The summed E-state index contributed by atoms with van der Waals surface area (Å²) in [7, 11) is 0. The second-order valence-corrected chi connectivity index (χ2v) is 5.51. The van der Waals surface area contributed by atoms with Crippen LogP contribution in [-0.4, -0.2) is 0 Å². The number of nitrogens with one attached hydrogen (secondary N) is 1. The monoisotopic (exact) mass is 290 g/mol. The number of hydrogen-bond acceptors (Lipinski definition) is 2. The first-order valence-corrected chi connectivity index (χ1v) is 6.89. The van der Waals surface area contributed by atoms with Crippen LogP contribution in [0.3, 0.4) is 0 Å². The molecule has 0 aliphatic rings. The van der Waals surface area contributed by atoms with Gasteiger partial charge in [-0.2, -0.15) is 0 Å². The Labute approximate surface area is 124 Å². The fraction of sp³-hybridized carbons (Fsp3) is 0.294. The number of halogens is 2. The largest absolute Gasteiger partial charge is 0.271 e. The lowest BCUT2D eigenvalue weighted by molar-refractivity contribution is 0.536. The van der Waals surface area contributed by atoms with Crippen LogP contribution in [0.15, 0.2) is 30.3 Å². The molecule has 1 atom stereocenters. The van der Waals surface area contributed by atoms with Gasteiger partial charge < -0.3 is 0 Å². The average molecular weight is 290 g/mol. The Balaban J connectivity index is 2.36. The van der Waals surface area contributed by atoms with Crippen LogP contribution >= 0.6 is 0 Å². The van der Waals surface area contributed by atoms with Crippen molar-refractivity contribution in [3.05, 3.63) is 69.8 Å². The molecule has 0 aliphatic carbocycles. The van der Waals surface area contributed by atoms with Crippen LogP contribution in [0.1, 0.15) is 33.9 Å². The van der Waals surface area contributed by atoms with Crippen molar-refractivity contribution in [2.75, 3.05) is 0 Å². The molecule has 3 N–H and O–H groups in total. The lowest BCUT2D eigenvalue weighted by atomic mass is 9.91. The van der Waals surface area contributed by atoms with E-state index in [0.29, 0.717) is 12.0 Å². The summed E-state index contributed by atoms with van der Waals surface area (Å²) in [6, 6.07) is 7.53. The molecule has 2 rings (SSSR count). The molecule has 0 aliphatic heterocycles. The minimum Gasteiger partial charge on any atom is -0.271 e. The van der Waals surface area contributed by atoms with Gasteiger partial charge in [-0.25, -0.2) is 8.78 Å². The van der Waals surface area contributed by atoms with Gasteiger partial charge in [0, 0.05) is 6.07 Å². The van der Waals surface area contributed by atoms with Gasteiger partial charge in [-0.05, 0) is 61.6 Å². The molecular weight excluding hydrogens is 270 g/mol. The quantitative estimate of drug-likeness (QED) is 0.666. The van der Waals surface area contributed by atoms with Gasteiger partial charge in [0.1, 0.15) is 11.6 Å². The fourth-order valence-corrected chi connectivity index (χ4v) is 2.95. The minimum absolute atomic E-state index is 0.188. The van der Waals surface area contributed by atoms with Crippen LogP contribution in [0.4, 0.5) is 8.78 Å². The van der Waals surface area contributed by atoms with Gasteiger partial charge in [-0.15, -0.1) is 0 Å². The van der Waals surface area contributed by atoms with Gasteiger partial charge in [0.05, 0.1) is 6.04 Å². The zero-order chi connectivity index (χ0) is 15.6. The predicted molar refractivity (Wildman–Crippen MR) is 80.8 cm³/mol. The van der Waals surface area contributed by atoms with E-state index in [0.717, 1.165) is 22.8 Å². The van der Waals surface area contributed by atoms with Crippen LogP contribution in [-0.2, 0) is 6.42 Å². The van der Waals surface area contributed by atoms with Gasteiger partial charge in [0.25, 0.3) is 0 Å². The third-order valence-corrected chi connectivity index (χ3v) is 3.65. The fourth-order valence-electron chi connectivity index (χ4n) is 2.95. The minimum atomic E-state index is -0.571. The summed E-state index contributed by atoms with van der Waals surface area (Å²) in [5.41, 5.74) is 7.83. The molecule has 0 amide bonds. The Morgan fingerprint density at radius 2 is 1.48 bits per heavy atom. The Hall–Kier alpha value is -1.78. The second-order valence-electron chi connectivity index (χ2n) is 5.51. The predicted octanol–water partition coefficient (Wildman–Crippen LogP) is 3.64. The molecule has 0 saturated carbocycles. The normalized spacial score (nSPS) is 12.5. The van der Waals surface area contributed by atoms with Gasteiger partial charge >= 0.3 is 0 Å². The summed E-state index contributed by atoms with van der Waals surface area (Å²) in [4.78, 5) is 0. The highest BCUT2D eigenvalue weighted by Crippen LogP contribution is 2.26. The Morgan fingerprint density at radius 1 is 0.952 bits per heavy atom. The lowest BCUT2D eigenvalue weighted by Crippen LogP contribution is -2.30. The maximum absolute atomic E-state index is 13.3. The van der Waals surface area contributed by atoms with Crippen LogP contribution in [0.2, 0.25) is 0 Å². The highest BCUT2D eigenvalue weighted by molar-refractivity contribution is 5.40. The van der Waals surface area contributed by atoms with E-state index < -0.39 is 11.6 Å². The molecule has 21 heavy (non-hydrogen) atoms. The van der Waals surface area contributed by atoms with E-state index in [1.54, 1.807) is 0 Å². The molecule has 0 bridgehead atoms. The molecule has 0 fully saturated rings. The first-order chi connectivity index (χ1) is 9.90. The molecule has 0 heterocycles. The zero-order valence-corrected chi connectivity index (χ0v) is 12.5. The van der Waals surface area contributed by atoms with E-state index in [2.05, 4.69) is 17.6 Å². The second kappa shape index (κ2) is 6.33. The van der Waals surface area contributed by atoms with Crippen molar-refractivity contribution < 1.29 is 8.78 Å². The van der Waals surface area contributed by atoms with Crippen molar-refractivity contribution in [3.63, 3.8) is 0 Å². The first-order valence-electron chi connectivity index (χ1n) is 6.89. The topological polar surface area (TPSA) is 38.0 Å². The summed E-state index contributed by atoms with van der Waals surface area (Å²) in [5, 5.41) is 0. The number of aryl methyl sites for hydroxylation is 3. The number of nitrogens with two attached hydrogens (primary N) is 1. The average Bonchev–Trinajstić information content (AvgIpc) is 2.35. The number of hydrazine groups is 1. The molecule has 1 unspecified atom stereocenters. The van der Waals surface area contributed by atoms with Crippen molar-refractivity contribution in [3.8, 4) is 0 Å². The highest BCUT2D eigenvalue weighted by Gasteiger charge is 2.16. The maximum atomic E-state index is 13.3. The molecule has 4 heteroatoms. The molecule has 2 aromatic carbocycles. The van der Waals surface area contributed by atoms with Crippen LogP contribution in [0, 0.1) is 32.4 Å². The molecule has 0 spiro atoms. The van der Waals surface area contributed by atoms with Gasteiger partial charge in [0.15, 0.2) is 0 Å². The van der Waals surface area contributed by atoms with E-state index in [1.807, 2.05) is 20.8 Å². The zero-order valence-electron chi connectivity index (χ0n) is 12.5. The summed E-state index contributed by atoms with van der Waals surface area (Å²) in [6.07, 6.45) is 0.427. The van der Waals surface area contributed by atoms with Crippen molar-refractivity contribution >= 4 is 0 Å². The Kier molecular flexibility index (Phi) is 4.70. The van der Waals surface area contributed by atoms with Crippen molar-refractivity contribution in [1.82, 2.24) is 5.43 Å². The highest BCUT2D eigenvalue weighted by atomic mass is 19.1. The Morgan fingerprint density at radius 3 is 1.95 bits per heavy atom. The third kappa shape index (κ3) is 3.65. The summed E-state index contributed by atoms with van der Waals surface area (Å²) >= 11 is 0. The maximum Gasteiger partial charge on any atom is 0.126 e. The van der Waals surface area contributed by atoms with Crippen molar-refractivity contribution in [1.29, 1.82) is 0 Å². The van der Waals surface area contributed by atoms with E-state index in [9.17, 15) is 8.78 Å². The Bertz CT molecular complexity index is 610. The summed E-state index contributed by atoms with van der Waals surface area (Å²) in [6.45, 7) is 6.08. The van der Waals surface area contributed by atoms with Crippen LogP contribution in [0.5, 0.6) is 0 Å². The van der Waals surface area contributed by atoms with E-state index in [1.165, 1.54) is 17.7 Å². The van der Waals surface area contributed by atoms with Crippen molar-refractivity contribution in [2.45, 2.75) is 33.2 Å². The first kappa shape index (κ1) is 15.6. The lowest BCUT2D eigenvalue weighted by Gasteiger charge is -2.22. The molecule has 0 saturated heterocycles. The van der Waals surface area contributed by atoms with Gasteiger partial charge in [-0.3, -0.25) is 11.3 Å². The number of rotatable bonds is 4. The standard InChI is InChI=1S/C17H20F2N2/c1-10-4-11(2)17(12(3)5-10)16(21-20)8-13-6-14(18)9-15(19)7-13/h4-7,9,16,21H,8,20H2,1-3H3. The molecule has 2 nitrogen and oxygen atoms in total. The number of hydrogen-bond donors (Lipinski definition) is 2. The van der Waals surface area contributed by atoms with Crippen LogP contribution in [0.25, 0.3) is 0 Å².